The molecule has 0 spiro atoms. The first-order chi connectivity index (χ1) is 9.50. The van der Waals surface area contributed by atoms with Gasteiger partial charge in [0.25, 0.3) is 5.56 Å². The predicted molar refractivity (Wildman–Crippen MR) is 83.0 cm³/mol. The second-order valence-corrected chi connectivity index (χ2v) is 6.85. The zero-order chi connectivity index (χ0) is 14.6. The molecule has 0 aliphatic heterocycles. The Morgan fingerprint density at radius 2 is 2.05 bits per heavy atom. The summed E-state index contributed by atoms with van der Waals surface area (Å²) in [6.07, 6.45) is 9.93. The van der Waals surface area contributed by atoms with E-state index in [2.05, 4.69) is 31.1 Å². The molecular weight excluding hydrogens is 250 g/mol. The highest BCUT2D eigenvalue weighted by Crippen LogP contribution is 2.35. The maximum atomic E-state index is 12.3. The lowest BCUT2D eigenvalue weighted by molar-refractivity contribution is 0.233. The van der Waals surface area contributed by atoms with Gasteiger partial charge >= 0.3 is 0 Å². The van der Waals surface area contributed by atoms with Crippen LogP contribution in [0.1, 0.15) is 52.9 Å². The quantitative estimate of drug-likeness (QED) is 0.898. The minimum atomic E-state index is 0.000564. The molecule has 20 heavy (non-hydrogen) atoms. The van der Waals surface area contributed by atoms with Gasteiger partial charge in [-0.1, -0.05) is 40.0 Å². The van der Waals surface area contributed by atoms with Gasteiger partial charge in [0.05, 0.1) is 0 Å². The van der Waals surface area contributed by atoms with Crippen LogP contribution in [0.5, 0.6) is 0 Å². The van der Waals surface area contributed by atoms with Crippen LogP contribution in [0.3, 0.4) is 0 Å². The van der Waals surface area contributed by atoms with Crippen LogP contribution < -0.4 is 10.9 Å². The van der Waals surface area contributed by atoms with E-state index in [-0.39, 0.29) is 5.56 Å². The molecule has 1 aliphatic rings. The van der Waals surface area contributed by atoms with Crippen molar-refractivity contribution in [2.45, 2.75) is 59.4 Å². The normalized spacial score (nSPS) is 18.2. The lowest BCUT2D eigenvalue weighted by atomic mass is 9.76. The third-order valence-electron chi connectivity index (χ3n) is 4.22. The summed E-state index contributed by atoms with van der Waals surface area (Å²) in [6.45, 7) is 8.13. The number of rotatable bonds is 5. The largest absolute Gasteiger partial charge is 0.365 e. The third kappa shape index (κ3) is 3.84. The summed E-state index contributed by atoms with van der Waals surface area (Å²) >= 11 is 0. The molecule has 1 saturated carbocycles. The summed E-state index contributed by atoms with van der Waals surface area (Å²) in [4.78, 5) is 16.5. The minimum absolute atomic E-state index is 0.000564. The molecule has 0 bridgehead atoms. The van der Waals surface area contributed by atoms with Crippen molar-refractivity contribution >= 4 is 5.82 Å². The highest BCUT2D eigenvalue weighted by molar-refractivity contribution is 5.31. The van der Waals surface area contributed by atoms with Crippen molar-refractivity contribution in [2.75, 3.05) is 11.9 Å². The molecule has 0 saturated heterocycles. The van der Waals surface area contributed by atoms with Crippen LogP contribution >= 0.6 is 0 Å². The first-order valence-electron chi connectivity index (χ1n) is 7.79. The van der Waals surface area contributed by atoms with Crippen LogP contribution in [0.25, 0.3) is 0 Å². The average molecular weight is 277 g/mol. The highest BCUT2D eigenvalue weighted by Gasteiger charge is 2.26. The first kappa shape index (κ1) is 15.1. The lowest BCUT2D eigenvalue weighted by Gasteiger charge is -2.33. The number of aromatic nitrogens is 2. The number of anilines is 1. The number of hydrogen-bond acceptors (Lipinski definition) is 3. The smallest absolute Gasteiger partial charge is 0.293 e. The lowest BCUT2D eigenvalue weighted by Crippen LogP contribution is -2.32. The third-order valence-corrected chi connectivity index (χ3v) is 4.22. The number of nitrogens with one attached hydrogen (secondary N) is 1. The molecule has 0 amide bonds. The van der Waals surface area contributed by atoms with Crippen LogP contribution in [0, 0.1) is 11.3 Å². The van der Waals surface area contributed by atoms with Crippen LogP contribution in [-0.4, -0.2) is 16.1 Å². The molecule has 2 rings (SSSR count). The van der Waals surface area contributed by atoms with Gasteiger partial charge in [-0.15, -0.1) is 0 Å². The minimum Gasteiger partial charge on any atom is -0.365 e. The molecule has 112 valence electrons. The van der Waals surface area contributed by atoms with Gasteiger partial charge in [-0.3, -0.25) is 4.79 Å². The van der Waals surface area contributed by atoms with Gasteiger partial charge in [-0.25, -0.2) is 4.98 Å². The highest BCUT2D eigenvalue weighted by atomic mass is 16.1. The van der Waals surface area contributed by atoms with Gasteiger partial charge < -0.3 is 9.88 Å². The van der Waals surface area contributed by atoms with E-state index in [0.29, 0.717) is 17.2 Å². The molecule has 1 fully saturated rings. The standard InChI is InChI=1S/C16H27N3O/c1-13(2)11-19-10-9-17-14(15(19)20)18-12-16(3)7-5-4-6-8-16/h9-10,13H,4-8,11-12H2,1-3H3,(H,17,18). The van der Waals surface area contributed by atoms with E-state index in [4.69, 9.17) is 0 Å². The molecule has 1 aliphatic carbocycles. The molecule has 4 nitrogen and oxygen atoms in total. The van der Waals surface area contributed by atoms with E-state index < -0.39 is 0 Å². The van der Waals surface area contributed by atoms with E-state index in [1.807, 2.05) is 0 Å². The van der Waals surface area contributed by atoms with E-state index in [0.717, 1.165) is 13.1 Å². The Bertz CT molecular complexity index is 487. The molecule has 0 aromatic carbocycles. The SMILES string of the molecule is CC(C)Cn1ccnc(NCC2(C)CCCCC2)c1=O. The van der Waals surface area contributed by atoms with Crippen molar-refractivity contribution in [2.24, 2.45) is 11.3 Å². The van der Waals surface area contributed by atoms with E-state index in [1.165, 1.54) is 32.1 Å². The molecule has 1 N–H and O–H groups in total. The van der Waals surface area contributed by atoms with E-state index in [9.17, 15) is 4.79 Å². The Hall–Kier alpha value is -1.32. The Morgan fingerprint density at radius 1 is 1.35 bits per heavy atom. The fraction of sp³-hybridized carbons (Fsp3) is 0.750. The molecule has 0 atom stereocenters. The topological polar surface area (TPSA) is 46.9 Å². The molecule has 4 heteroatoms. The van der Waals surface area contributed by atoms with Gasteiger partial charge in [0.2, 0.25) is 0 Å². The Kier molecular flexibility index (Phi) is 4.84. The van der Waals surface area contributed by atoms with Gasteiger partial charge in [-0.05, 0) is 24.2 Å². The molecule has 1 aromatic rings. The Morgan fingerprint density at radius 3 is 2.70 bits per heavy atom. The summed E-state index contributed by atoms with van der Waals surface area (Å²) in [7, 11) is 0. The maximum absolute atomic E-state index is 12.3. The Labute approximate surface area is 121 Å². The molecular formula is C16H27N3O. The van der Waals surface area contributed by atoms with Crippen molar-refractivity contribution in [3.63, 3.8) is 0 Å². The first-order valence-corrected chi connectivity index (χ1v) is 7.79. The van der Waals surface area contributed by atoms with Gasteiger partial charge in [0.15, 0.2) is 5.82 Å². The summed E-state index contributed by atoms with van der Waals surface area (Å²) in [6, 6.07) is 0. The van der Waals surface area contributed by atoms with Gasteiger partial charge in [0, 0.05) is 25.5 Å². The molecule has 1 heterocycles. The summed E-state index contributed by atoms with van der Waals surface area (Å²) in [5.41, 5.74) is 0.311. The zero-order valence-electron chi connectivity index (χ0n) is 13.0. The van der Waals surface area contributed by atoms with E-state index in [1.54, 1.807) is 17.0 Å². The summed E-state index contributed by atoms with van der Waals surface area (Å²) in [5.74, 6) is 0.957. The van der Waals surface area contributed by atoms with Crippen molar-refractivity contribution in [1.29, 1.82) is 0 Å². The monoisotopic (exact) mass is 277 g/mol. The summed E-state index contributed by atoms with van der Waals surface area (Å²) < 4.78 is 1.75. The van der Waals surface area contributed by atoms with Crippen molar-refractivity contribution in [3.05, 3.63) is 22.7 Å². The van der Waals surface area contributed by atoms with Crippen molar-refractivity contribution in [1.82, 2.24) is 9.55 Å². The number of nitrogens with zero attached hydrogens (tertiary/aromatic N) is 2. The van der Waals surface area contributed by atoms with Crippen LogP contribution in [0.15, 0.2) is 17.2 Å². The maximum Gasteiger partial charge on any atom is 0.293 e. The molecule has 1 aromatic heterocycles. The zero-order valence-corrected chi connectivity index (χ0v) is 13.0. The van der Waals surface area contributed by atoms with Crippen LogP contribution in [0.4, 0.5) is 5.82 Å². The van der Waals surface area contributed by atoms with Crippen molar-refractivity contribution < 1.29 is 0 Å². The summed E-state index contributed by atoms with van der Waals surface area (Å²) in [5, 5.41) is 3.29. The molecule has 0 radical (unpaired) electrons. The molecule has 0 unspecified atom stereocenters. The second-order valence-electron chi connectivity index (χ2n) is 6.85. The average Bonchev–Trinajstić information content (AvgIpc) is 2.40. The fourth-order valence-electron chi connectivity index (χ4n) is 2.98. The van der Waals surface area contributed by atoms with Crippen LogP contribution in [0.2, 0.25) is 0 Å². The van der Waals surface area contributed by atoms with Crippen molar-refractivity contribution in [3.8, 4) is 0 Å². The van der Waals surface area contributed by atoms with Gasteiger partial charge in [-0.2, -0.15) is 0 Å². The fourth-order valence-corrected chi connectivity index (χ4v) is 2.98. The second kappa shape index (κ2) is 6.42. The van der Waals surface area contributed by atoms with Gasteiger partial charge in [0.1, 0.15) is 0 Å². The Balaban J connectivity index is 2.04. The predicted octanol–water partition coefficient (Wildman–Crippen LogP) is 3.28. The van der Waals surface area contributed by atoms with E-state index >= 15 is 0 Å². The van der Waals surface area contributed by atoms with Crippen LogP contribution in [-0.2, 0) is 6.54 Å². The number of hydrogen-bond donors (Lipinski definition) is 1.